The first kappa shape index (κ1) is 20.2. The van der Waals surface area contributed by atoms with Crippen LogP contribution in [0.25, 0.3) is 0 Å². The number of esters is 1. The Kier molecular flexibility index (Phi) is 5.97. The number of piperazine rings is 1. The van der Waals surface area contributed by atoms with E-state index in [2.05, 4.69) is 4.74 Å². The number of hydrogen-bond acceptors (Lipinski definition) is 6. The number of halogens is 4. The lowest BCUT2D eigenvalue weighted by Crippen LogP contribution is -2.53. The number of nitrogens with zero attached hydrogens (tertiary/aromatic N) is 3. The molecular formula is C15H17ClF3N3O4. The second-order valence-electron chi connectivity index (χ2n) is 5.81. The number of nitro benzene ring substituents is 1. The molecule has 1 heterocycles. The normalized spacial score (nSPS) is 17.1. The molecule has 0 bridgehead atoms. The zero-order chi connectivity index (χ0) is 19.6. The van der Waals surface area contributed by atoms with E-state index in [4.69, 9.17) is 11.6 Å². The Labute approximate surface area is 152 Å². The van der Waals surface area contributed by atoms with Gasteiger partial charge in [-0.15, -0.1) is 0 Å². The highest BCUT2D eigenvalue weighted by molar-refractivity contribution is 6.34. The summed E-state index contributed by atoms with van der Waals surface area (Å²) in [7, 11) is 1.12. The fourth-order valence-electron chi connectivity index (χ4n) is 2.77. The van der Waals surface area contributed by atoms with Gasteiger partial charge in [-0.1, -0.05) is 11.6 Å². The number of benzene rings is 1. The van der Waals surface area contributed by atoms with Gasteiger partial charge in [0, 0.05) is 32.2 Å². The van der Waals surface area contributed by atoms with Gasteiger partial charge in [-0.05, 0) is 13.0 Å². The fourth-order valence-corrected chi connectivity index (χ4v) is 3.01. The topological polar surface area (TPSA) is 75.9 Å². The Balaban J connectivity index is 2.26. The van der Waals surface area contributed by atoms with E-state index >= 15 is 0 Å². The van der Waals surface area contributed by atoms with Crippen LogP contribution in [0.3, 0.4) is 0 Å². The molecule has 1 atom stereocenters. The van der Waals surface area contributed by atoms with Crippen LogP contribution in [0.2, 0.25) is 5.02 Å². The summed E-state index contributed by atoms with van der Waals surface area (Å²) < 4.78 is 43.0. The summed E-state index contributed by atoms with van der Waals surface area (Å²) in [6, 6.07) is 0.702. The number of rotatable bonds is 4. The maximum Gasteiger partial charge on any atom is 0.403 e. The second kappa shape index (κ2) is 7.67. The van der Waals surface area contributed by atoms with Gasteiger partial charge >= 0.3 is 12.1 Å². The molecule has 11 heteroatoms. The SMILES string of the molecule is COC(=O)c1cc([N+](=O)[O-])c(N2CCN(C(C)C(F)(F)F)CC2)cc1Cl. The van der Waals surface area contributed by atoms with E-state index in [9.17, 15) is 28.1 Å². The molecule has 1 aromatic rings. The van der Waals surface area contributed by atoms with Crippen LogP contribution in [0, 0.1) is 10.1 Å². The lowest BCUT2D eigenvalue weighted by Gasteiger charge is -2.39. The molecule has 1 unspecified atom stereocenters. The van der Waals surface area contributed by atoms with Crippen LogP contribution < -0.4 is 4.90 Å². The van der Waals surface area contributed by atoms with E-state index in [-0.39, 0.29) is 48.1 Å². The number of carbonyl (C=O) groups is 1. The van der Waals surface area contributed by atoms with Gasteiger partial charge in [0.05, 0.1) is 22.6 Å². The van der Waals surface area contributed by atoms with Crippen LogP contribution in [0.5, 0.6) is 0 Å². The third-order valence-corrected chi connectivity index (χ3v) is 4.66. The number of nitro groups is 1. The minimum Gasteiger partial charge on any atom is -0.465 e. The van der Waals surface area contributed by atoms with Crippen LogP contribution in [0.4, 0.5) is 24.5 Å². The summed E-state index contributed by atoms with van der Waals surface area (Å²) in [6.07, 6.45) is -4.33. The van der Waals surface area contributed by atoms with Gasteiger partial charge in [0.15, 0.2) is 0 Å². The summed E-state index contributed by atoms with van der Waals surface area (Å²) in [6.45, 7) is 1.59. The van der Waals surface area contributed by atoms with Crippen molar-refractivity contribution in [1.29, 1.82) is 0 Å². The summed E-state index contributed by atoms with van der Waals surface area (Å²) in [5.74, 6) is -0.812. The first-order chi connectivity index (χ1) is 12.1. The predicted octanol–water partition coefficient (Wildman–Crippen LogP) is 3.11. The molecule has 1 fully saturated rings. The smallest absolute Gasteiger partial charge is 0.403 e. The Bertz CT molecular complexity index is 706. The van der Waals surface area contributed by atoms with Gasteiger partial charge in [-0.3, -0.25) is 15.0 Å². The monoisotopic (exact) mass is 395 g/mol. The highest BCUT2D eigenvalue weighted by Gasteiger charge is 2.41. The van der Waals surface area contributed by atoms with Crippen molar-refractivity contribution in [3.63, 3.8) is 0 Å². The number of ether oxygens (including phenoxy) is 1. The predicted molar refractivity (Wildman–Crippen MR) is 88.7 cm³/mol. The van der Waals surface area contributed by atoms with Crippen molar-refractivity contribution in [3.05, 3.63) is 32.8 Å². The molecule has 0 aliphatic carbocycles. The number of anilines is 1. The lowest BCUT2D eigenvalue weighted by atomic mass is 10.1. The highest BCUT2D eigenvalue weighted by atomic mass is 35.5. The van der Waals surface area contributed by atoms with Crippen LogP contribution >= 0.6 is 11.6 Å². The lowest BCUT2D eigenvalue weighted by molar-refractivity contribution is -0.384. The summed E-state index contributed by atoms with van der Waals surface area (Å²) in [5.41, 5.74) is -0.340. The van der Waals surface area contributed by atoms with Crippen LogP contribution in [-0.2, 0) is 4.74 Å². The highest BCUT2D eigenvalue weighted by Crippen LogP contribution is 2.35. The zero-order valence-electron chi connectivity index (χ0n) is 14.0. The first-order valence-electron chi connectivity index (χ1n) is 7.68. The van der Waals surface area contributed by atoms with E-state index in [0.717, 1.165) is 20.1 Å². The number of hydrogen-bond donors (Lipinski definition) is 0. The molecule has 0 spiro atoms. The van der Waals surface area contributed by atoms with Gasteiger partial charge in [-0.25, -0.2) is 4.79 Å². The molecule has 1 aliphatic heterocycles. The third-order valence-electron chi connectivity index (χ3n) is 4.34. The Morgan fingerprint density at radius 1 is 1.31 bits per heavy atom. The van der Waals surface area contributed by atoms with Crippen molar-refractivity contribution in [3.8, 4) is 0 Å². The maximum absolute atomic E-state index is 12.8. The average Bonchev–Trinajstić information content (AvgIpc) is 2.59. The standard InChI is InChI=1S/C15H17ClF3N3O4/c1-9(15(17,18)19)20-3-5-21(6-4-20)12-8-11(16)10(14(23)26-2)7-13(12)22(24)25/h7-9H,3-6H2,1-2H3. The van der Waals surface area contributed by atoms with E-state index in [1.807, 2.05) is 0 Å². The zero-order valence-corrected chi connectivity index (χ0v) is 14.8. The number of alkyl halides is 3. The van der Waals surface area contributed by atoms with Crippen molar-refractivity contribution in [1.82, 2.24) is 4.90 Å². The van der Waals surface area contributed by atoms with Crippen molar-refractivity contribution in [2.24, 2.45) is 0 Å². The van der Waals surface area contributed by atoms with Crippen molar-refractivity contribution < 1.29 is 27.6 Å². The van der Waals surface area contributed by atoms with Crippen LogP contribution in [0.15, 0.2) is 12.1 Å². The minimum atomic E-state index is -4.33. The summed E-state index contributed by atoms with van der Waals surface area (Å²) >= 11 is 6.03. The largest absolute Gasteiger partial charge is 0.465 e. The number of carbonyl (C=O) groups excluding carboxylic acids is 1. The van der Waals surface area contributed by atoms with E-state index in [0.29, 0.717) is 0 Å². The van der Waals surface area contributed by atoms with Gasteiger partial charge in [0.25, 0.3) is 5.69 Å². The quantitative estimate of drug-likeness (QED) is 0.443. The fraction of sp³-hybridized carbons (Fsp3) is 0.533. The van der Waals surface area contributed by atoms with Crippen molar-refractivity contribution >= 4 is 28.9 Å². The molecule has 0 aromatic heterocycles. The van der Waals surface area contributed by atoms with E-state index < -0.39 is 23.1 Å². The third kappa shape index (κ3) is 4.18. The molecular weight excluding hydrogens is 379 g/mol. The van der Waals surface area contributed by atoms with Crippen LogP contribution in [0.1, 0.15) is 17.3 Å². The van der Waals surface area contributed by atoms with Gasteiger partial charge in [0.1, 0.15) is 11.7 Å². The Morgan fingerprint density at radius 2 is 1.88 bits per heavy atom. The molecule has 2 rings (SSSR count). The molecule has 26 heavy (non-hydrogen) atoms. The molecule has 0 radical (unpaired) electrons. The second-order valence-corrected chi connectivity index (χ2v) is 6.22. The van der Waals surface area contributed by atoms with Crippen molar-refractivity contribution in [2.45, 2.75) is 19.1 Å². The number of methoxy groups -OCH3 is 1. The summed E-state index contributed by atoms with van der Waals surface area (Å²) in [5, 5.41) is 11.3. The van der Waals surface area contributed by atoms with Gasteiger partial charge in [0.2, 0.25) is 0 Å². The molecule has 1 aromatic carbocycles. The Morgan fingerprint density at radius 3 is 2.35 bits per heavy atom. The summed E-state index contributed by atoms with van der Waals surface area (Å²) in [4.78, 5) is 25.2. The molecule has 144 valence electrons. The van der Waals surface area contributed by atoms with Crippen molar-refractivity contribution in [2.75, 3.05) is 38.2 Å². The van der Waals surface area contributed by atoms with Crippen LogP contribution in [-0.4, -0.2) is 61.3 Å². The molecule has 0 saturated carbocycles. The Hall–Kier alpha value is -2.07. The molecule has 0 amide bonds. The minimum absolute atomic E-state index is 0.0245. The van der Waals surface area contributed by atoms with Gasteiger partial charge in [-0.2, -0.15) is 13.2 Å². The molecule has 1 aliphatic rings. The molecule has 7 nitrogen and oxygen atoms in total. The van der Waals surface area contributed by atoms with E-state index in [1.54, 1.807) is 4.90 Å². The van der Waals surface area contributed by atoms with Gasteiger partial charge < -0.3 is 9.64 Å². The molecule has 0 N–H and O–H groups in total. The van der Waals surface area contributed by atoms with E-state index in [1.165, 1.54) is 11.0 Å². The average molecular weight is 396 g/mol. The molecule has 1 saturated heterocycles. The first-order valence-corrected chi connectivity index (χ1v) is 8.06. The maximum atomic E-state index is 12.8.